The maximum Gasteiger partial charge on any atom is 0.274 e. The fourth-order valence-electron chi connectivity index (χ4n) is 3.96. The van der Waals surface area contributed by atoms with Crippen molar-refractivity contribution in [1.82, 2.24) is 14.9 Å². The highest BCUT2D eigenvalue weighted by molar-refractivity contribution is 5.92. The van der Waals surface area contributed by atoms with E-state index in [2.05, 4.69) is 14.9 Å². The second-order valence-corrected chi connectivity index (χ2v) is 7.34. The van der Waals surface area contributed by atoms with Crippen molar-refractivity contribution >= 4 is 11.7 Å². The van der Waals surface area contributed by atoms with Gasteiger partial charge < -0.3 is 9.80 Å². The third-order valence-electron chi connectivity index (χ3n) is 5.29. The van der Waals surface area contributed by atoms with Crippen molar-refractivity contribution in [1.29, 1.82) is 0 Å². The summed E-state index contributed by atoms with van der Waals surface area (Å²) in [6.45, 7) is 3.08. The summed E-state index contributed by atoms with van der Waals surface area (Å²) in [5, 5.41) is 0. The van der Waals surface area contributed by atoms with E-state index in [1.807, 2.05) is 4.90 Å². The number of hydrogen-bond acceptors (Lipinski definition) is 4. The van der Waals surface area contributed by atoms with Gasteiger partial charge in [-0.25, -0.2) is 13.8 Å². The third-order valence-corrected chi connectivity index (χ3v) is 5.29. The summed E-state index contributed by atoms with van der Waals surface area (Å²) in [5.41, 5.74) is 1.05. The highest BCUT2D eigenvalue weighted by Crippen LogP contribution is 2.25. The molecule has 2 aliphatic heterocycles. The topological polar surface area (TPSA) is 49.3 Å². The van der Waals surface area contributed by atoms with Gasteiger partial charge in [-0.3, -0.25) is 9.78 Å². The molecule has 2 aliphatic rings. The Labute approximate surface area is 157 Å². The van der Waals surface area contributed by atoms with Crippen molar-refractivity contribution in [3.63, 3.8) is 0 Å². The van der Waals surface area contributed by atoms with Crippen molar-refractivity contribution in [3.8, 4) is 0 Å². The molecule has 27 heavy (non-hydrogen) atoms. The lowest BCUT2D eigenvalue weighted by molar-refractivity contribution is 0.0786. The summed E-state index contributed by atoms with van der Waals surface area (Å²) in [6, 6.07) is 3.67. The molecule has 0 spiro atoms. The number of hydrogen-bond donors (Lipinski definition) is 0. The van der Waals surface area contributed by atoms with Gasteiger partial charge in [-0.1, -0.05) is 0 Å². The maximum atomic E-state index is 13.4. The van der Waals surface area contributed by atoms with Crippen LogP contribution in [0.4, 0.5) is 14.6 Å². The van der Waals surface area contributed by atoms with Crippen LogP contribution in [0.1, 0.15) is 35.3 Å². The molecule has 7 heteroatoms. The molecule has 0 saturated carbocycles. The van der Waals surface area contributed by atoms with E-state index in [1.165, 1.54) is 18.3 Å². The summed E-state index contributed by atoms with van der Waals surface area (Å²) < 4.78 is 26.8. The molecule has 0 N–H and O–H groups in total. The number of halogens is 2. The smallest absolute Gasteiger partial charge is 0.274 e. The van der Waals surface area contributed by atoms with Gasteiger partial charge in [0.2, 0.25) is 0 Å². The molecule has 0 aliphatic carbocycles. The molecule has 3 heterocycles. The van der Waals surface area contributed by atoms with E-state index < -0.39 is 11.6 Å². The minimum Gasteiger partial charge on any atom is -0.355 e. The number of carbonyl (C=O) groups is 1. The molecule has 2 fully saturated rings. The van der Waals surface area contributed by atoms with Gasteiger partial charge in [0.25, 0.3) is 5.91 Å². The monoisotopic (exact) mass is 372 g/mol. The van der Waals surface area contributed by atoms with Crippen LogP contribution in [0, 0.1) is 17.6 Å². The van der Waals surface area contributed by atoms with E-state index in [0.29, 0.717) is 23.5 Å². The first-order valence-corrected chi connectivity index (χ1v) is 9.40. The number of aromatic nitrogens is 2. The van der Waals surface area contributed by atoms with Crippen molar-refractivity contribution in [2.24, 2.45) is 5.92 Å². The van der Waals surface area contributed by atoms with E-state index in [-0.39, 0.29) is 11.8 Å². The summed E-state index contributed by atoms with van der Waals surface area (Å²) in [6.07, 6.45) is 6.79. The zero-order valence-electron chi connectivity index (χ0n) is 15.1. The van der Waals surface area contributed by atoms with Gasteiger partial charge in [0.05, 0.1) is 12.4 Å². The molecule has 5 nitrogen and oxygen atoms in total. The molecule has 1 aromatic heterocycles. The predicted molar refractivity (Wildman–Crippen MR) is 97.6 cm³/mol. The second kappa shape index (κ2) is 7.58. The standard InChI is InChI=1S/C20H22F2N4O/c21-16-8-15(9-17(22)10-16)7-14-3-6-26(13-14)19-12-23-11-18(24-19)20(27)25-4-1-2-5-25/h8-12,14H,1-7,13H2. The van der Waals surface area contributed by atoms with Crippen molar-refractivity contribution in [3.05, 3.63) is 53.5 Å². The van der Waals surface area contributed by atoms with Crippen LogP contribution >= 0.6 is 0 Å². The average Bonchev–Trinajstić information content (AvgIpc) is 3.32. The molecule has 142 valence electrons. The van der Waals surface area contributed by atoms with Gasteiger partial charge in [0.15, 0.2) is 0 Å². The Kier molecular flexibility index (Phi) is 5.01. The molecule has 1 aromatic carbocycles. The Morgan fingerprint density at radius 2 is 1.81 bits per heavy atom. The Bertz CT molecular complexity index is 818. The lowest BCUT2D eigenvalue weighted by Crippen LogP contribution is -2.29. The Morgan fingerprint density at radius 1 is 1.07 bits per heavy atom. The van der Waals surface area contributed by atoms with Gasteiger partial charge in [-0.05, 0) is 49.3 Å². The van der Waals surface area contributed by atoms with Gasteiger partial charge >= 0.3 is 0 Å². The third kappa shape index (κ3) is 4.07. The van der Waals surface area contributed by atoms with E-state index in [1.54, 1.807) is 6.20 Å². The summed E-state index contributed by atoms with van der Waals surface area (Å²) >= 11 is 0. The van der Waals surface area contributed by atoms with Crippen LogP contribution in [0.5, 0.6) is 0 Å². The number of likely N-dealkylation sites (tertiary alicyclic amines) is 1. The fourth-order valence-corrected chi connectivity index (χ4v) is 3.96. The summed E-state index contributed by atoms with van der Waals surface area (Å²) in [7, 11) is 0. The molecule has 1 atom stereocenters. The number of nitrogens with zero attached hydrogens (tertiary/aromatic N) is 4. The van der Waals surface area contributed by atoms with E-state index in [4.69, 9.17) is 0 Å². The quantitative estimate of drug-likeness (QED) is 0.828. The second-order valence-electron chi connectivity index (χ2n) is 7.34. The van der Waals surface area contributed by atoms with Crippen molar-refractivity contribution in [2.75, 3.05) is 31.1 Å². The minimum absolute atomic E-state index is 0.0622. The van der Waals surface area contributed by atoms with Gasteiger partial charge in [0, 0.05) is 32.2 Å². The predicted octanol–water partition coefficient (Wildman–Crippen LogP) is 3.06. The van der Waals surface area contributed by atoms with Crippen LogP contribution in [0.3, 0.4) is 0 Å². The van der Waals surface area contributed by atoms with Gasteiger partial charge in [-0.2, -0.15) is 0 Å². The molecule has 1 amide bonds. The summed E-state index contributed by atoms with van der Waals surface area (Å²) in [4.78, 5) is 25.2. The zero-order chi connectivity index (χ0) is 18.8. The SMILES string of the molecule is O=C(c1cncc(N2CCC(Cc3cc(F)cc(F)c3)C2)n1)N1CCCC1. The van der Waals surface area contributed by atoms with Crippen LogP contribution < -0.4 is 4.90 Å². The number of rotatable bonds is 4. The van der Waals surface area contributed by atoms with Crippen LogP contribution in [0.25, 0.3) is 0 Å². The highest BCUT2D eigenvalue weighted by atomic mass is 19.1. The van der Waals surface area contributed by atoms with Crippen LogP contribution in [0.2, 0.25) is 0 Å². The minimum atomic E-state index is -0.543. The largest absolute Gasteiger partial charge is 0.355 e. The number of benzene rings is 1. The van der Waals surface area contributed by atoms with Crippen molar-refractivity contribution < 1.29 is 13.6 Å². The first-order valence-electron chi connectivity index (χ1n) is 9.40. The van der Waals surface area contributed by atoms with Gasteiger partial charge in [0.1, 0.15) is 23.1 Å². The van der Waals surface area contributed by atoms with Crippen LogP contribution in [-0.4, -0.2) is 47.0 Å². The van der Waals surface area contributed by atoms with Gasteiger partial charge in [-0.15, -0.1) is 0 Å². The van der Waals surface area contributed by atoms with E-state index in [9.17, 15) is 13.6 Å². The first kappa shape index (κ1) is 17.8. The molecule has 2 aromatic rings. The number of anilines is 1. The molecule has 4 rings (SSSR count). The molecular weight excluding hydrogens is 350 g/mol. The molecule has 0 bridgehead atoms. The Balaban J connectivity index is 1.42. The molecule has 0 radical (unpaired) electrons. The average molecular weight is 372 g/mol. The first-order chi connectivity index (χ1) is 13.1. The Hall–Kier alpha value is -2.57. The van der Waals surface area contributed by atoms with Crippen LogP contribution in [0.15, 0.2) is 30.6 Å². The normalized spacial score (nSPS) is 19.7. The van der Waals surface area contributed by atoms with E-state index >= 15 is 0 Å². The highest BCUT2D eigenvalue weighted by Gasteiger charge is 2.26. The lowest BCUT2D eigenvalue weighted by atomic mass is 9.98. The maximum absolute atomic E-state index is 13.4. The van der Waals surface area contributed by atoms with Crippen molar-refractivity contribution in [2.45, 2.75) is 25.7 Å². The zero-order valence-corrected chi connectivity index (χ0v) is 15.1. The molecule has 1 unspecified atom stereocenters. The van der Waals surface area contributed by atoms with E-state index in [0.717, 1.165) is 51.5 Å². The molecule has 2 saturated heterocycles. The number of carbonyl (C=O) groups excluding carboxylic acids is 1. The molecular formula is C20H22F2N4O. The lowest BCUT2D eigenvalue weighted by Gasteiger charge is -2.19. The fraction of sp³-hybridized carbons (Fsp3) is 0.450. The number of amides is 1. The van der Waals surface area contributed by atoms with Crippen LogP contribution in [-0.2, 0) is 6.42 Å². The summed E-state index contributed by atoms with van der Waals surface area (Å²) in [5.74, 6) is -0.176. The Morgan fingerprint density at radius 3 is 2.56 bits per heavy atom.